The van der Waals surface area contributed by atoms with Gasteiger partial charge >= 0.3 is 5.97 Å². The van der Waals surface area contributed by atoms with E-state index < -0.39 is 11.6 Å². The molecule has 0 spiro atoms. The number of piperidine rings is 1. The molecule has 0 amide bonds. The van der Waals surface area contributed by atoms with E-state index >= 15 is 0 Å². The Balaban J connectivity index is 2.56. The standard InChI is InChI=1S/C7H13NO3/c1-11-6(9)7(10)3-2-4-8-5-7/h8,10H,2-5H2,1H3/t7-/m0/s1. The zero-order valence-corrected chi connectivity index (χ0v) is 6.59. The Hall–Kier alpha value is -0.610. The lowest BCUT2D eigenvalue weighted by atomic mass is 9.94. The minimum atomic E-state index is -1.28. The second-order valence-electron chi connectivity index (χ2n) is 2.80. The molecule has 0 bridgehead atoms. The van der Waals surface area contributed by atoms with Crippen LogP contribution in [0.25, 0.3) is 0 Å². The second kappa shape index (κ2) is 3.19. The van der Waals surface area contributed by atoms with Gasteiger partial charge in [0.15, 0.2) is 5.60 Å². The first kappa shape index (κ1) is 8.49. The Morgan fingerprint density at radius 3 is 2.91 bits per heavy atom. The molecule has 1 saturated heterocycles. The summed E-state index contributed by atoms with van der Waals surface area (Å²) in [6, 6.07) is 0. The number of hydrogen-bond acceptors (Lipinski definition) is 4. The fourth-order valence-corrected chi connectivity index (χ4v) is 1.25. The Morgan fingerprint density at radius 2 is 2.45 bits per heavy atom. The molecule has 0 aromatic heterocycles. The minimum Gasteiger partial charge on any atom is -0.467 e. The van der Waals surface area contributed by atoms with E-state index in [4.69, 9.17) is 0 Å². The Morgan fingerprint density at radius 1 is 1.73 bits per heavy atom. The van der Waals surface area contributed by atoms with Crippen molar-refractivity contribution in [3.05, 3.63) is 0 Å². The van der Waals surface area contributed by atoms with Gasteiger partial charge in [0.1, 0.15) is 0 Å². The molecular formula is C7H13NO3. The smallest absolute Gasteiger partial charge is 0.339 e. The number of carbonyl (C=O) groups excluding carboxylic acids is 1. The molecule has 0 radical (unpaired) electrons. The van der Waals surface area contributed by atoms with Crippen LogP contribution in [0.5, 0.6) is 0 Å². The molecule has 1 fully saturated rings. The molecule has 11 heavy (non-hydrogen) atoms. The predicted molar refractivity (Wildman–Crippen MR) is 39.1 cm³/mol. The average molecular weight is 159 g/mol. The summed E-state index contributed by atoms with van der Waals surface area (Å²) >= 11 is 0. The van der Waals surface area contributed by atoms with E-state index in [-0.39, 0.29) is 0 Å². The summed E-state index contributed by atoms with van der Waals surface area (Å²) in [7, 11) is 1.29. The van der Waals surface area contributed by atoms with Crippen molar-refractivity contribution in [2.75, 3.05) is 20.2 Å². The van der Waals surface area contributed by atoms with Crippen LogP contribution in [0.2, 0.25) is 0 Å². The number of nitrogens with one attached hydrogen (secondary N) is 1. The number of hydrogen-bond donors (Lipinski definition) is 2. The lowest BCUT2D eigenvalue weighted by Crippen LogP contribution is -2.51. The van der Waals surface area contributed by atoms with Gasteiger partial charge in [0.25, 0.3) is 0 Å². The Labute approximate surface area is 65.5 Å². The van der Waals surface area contributed by atoms with Crippen molar-refractivity contribution in [2.24, 2.45) is 0 Å². The fraction of sp³-hybridized carbons (Fsp3) is 0.857. The van der Waals surface area contributed by atoms with Crippen LogP contribution in [0.4, 0.5) is 0 Å². The maximum Gasteiger partial charge on any atom is 0.339 e. The molecule has 0 aliphatic carbocycles. The number of ether oxygens (including phenoxy) is 1. The minimum absolute atomic E-state index is 0.305. The average Bonchev–Trinajstić information content (AvgIpc) is 2.04. The highest BCUT2D eigenvalue weighted by atomic mass is 16.5. The van der Waals surface area contributed by atoms with Crippen molar-refractivity contribution in [3.63, 3.8) is 0 Å². The fourth-order valence-electron chi connectivity index (χ4n) is 1.25. The van der Waals surface area contributed by atoms with Gasteiger partial charge in [-0.05, 0) is 19.4 Å². The molecule has 0 saturated carbocycles. The summed E-state index contributed by atoms with van der Waals surface area (Å²) in [6.07, 6.45) is 1.30. The van der Waals surface area contributed by atoms with Crippen molar-refractivity contribution in [2.45, 2.75) is 18.4 Å². The third kappa shape index (κ3) is 1.70. The van der Waals surface area contributed by atoms with E-state index in [2.05, 4.69) is 10.1 Å². The van der Waals surface area contributed by atoms with Crippen molar-refractivity contribution < 1.29 is 14.6 Å². The molecule has 4 nitrogen and oxygen atoms in total. The normalized spacial score (nSPS) is 31.5. The number of methoxy groups -OCH3 is 1. The highest BCUT2D eigenvalue weighted by Gasteiger charge is 2.38. The maximum absolute atomic E-state index is 11.0. The van der Waals surface area contributed by atoms with Gasteiger partial charge in [0.2, 0.25) is 0 Å². The monoisotopic (exact) mass is 159 g/mol. The van der Waals surface area contributed by atoms with Crippen molar-refractivity contribution >= 4 is 5.97 Å². The lowest BCUT2D eigenvalue weighted by Gasteiger charge is -2.29. The summed E-state index contributed by atoms with van der Waals surface area (Å²) < 4.78 is 4.46. The van der Waals surface area contributed by atoms with E-state index in [9.17, 15) is 9.90 Å². The molecule has 1 aliphatic rings. The largest absolute Gasteiger partial charge is 0.467 e. The summed E-state index contributed by atoms with van der Waals surface area (Å²) in [6.45, 7) is 1.17. The molecule has 64 valence electrons. The first-order chi connectivity index (χ1) is 5.19. The van der Waals surface area contributed by atoms with Gasteiger partial charge in [-0.25, -0.2) is 4.79 Å². The van der Waals surface area contributed by atoms with Crippen LogP contribution in [-0.4, -0.2) is 36.9 Å². The first-order valence-electron chi connectivity index (χ1n) is 3.70. The Bertz CT molecular complexity index is 152. The van der Waals surface area contributed by atoms with Crippen LogP contribution in [0.3, 0.4) is 0 Å². The van der Waals surface area contributed by atoms with E-state index in [1.54, 1.807) is 0 Å². The van der Waals surface area contributed by atoms with Crippen LogP contribution in [0.15, 0.2) is 0 Å². The summed E-state index contributed by atoms with van der Waals surface area (Å²) in [5.74, 6) is -0.537. The first-order valence-corrected chi connectivity index (χ1v) is 3.70. The summed E-state index contributed by atoms with van der Waals surface area (Å²) in [5, 5.41) is 12.5. The van der Waals surface area contributed by atoms with Gasteiger partial charge in [-0.1, -0.05) is 0 Å². The number of β-amino-alcohol motifs (C(OH)–C–C–N with tert-alkyl or cyclic N) is 1. The van der Waals surface area contributed by atoms with E-state index in [0.717, 1.165) is 13.0 Å². The number of carbonyl (C=O) groups is 1. The summed E-state index contributed by atoms with van der Waals surface area (Å²) in [5.41, 5.74) is -1.28. The van der Waals surface area contributed by atoms with Gasteiger partial charge in [-0.15, -0.1) is 0 Å². The second-order valence-corrected chi connectivity index (χ2v) is 2.80. The topological polar surface area (TPSA) is 58.6 Å². The molecule has 4 heteroatoms. The third-order valence-corrected chi connectivity index (χ3v) is 1.93. The molecule has 0 aromatic carbocycles. The number of aliphatic hydroxyl groups is 1. The molecule has 1 heterocycles. The zero-order valence-electron chi connectivity index (χ0n) is 6.59. The molecular weight excluding hydrogens is 146 g/mol. The Kier molecular flexibility index (Phi) is 2.46. The van der Waals surface area contributed by atoms with E-state index in [1.807, 2.05) is 0 Å². The number of rotatable bonds is 1. The van der Waals surface area contributed by atoms with E-state index in [0.29, 0.717) is 13.0 Å². The quantitative estimate of drug-likeness (QED) is 0.495. The zero-order chi connectivity index (χ0) is 8.32. The highest BCUT2D eigenvalue weighted by molar-refractivity contribution is 5.79. The molecule has 1 atom stereocenters. The molecule has 1 aliphatic heterocycles. The molecule has 0 aromatic rings. The van der Waals surface area contributed by atoms with Crippen molar-refractivity contribution in [1.82, 2.24) is 5.32 Å². The van der Waals surface area contributed by atoms with Crippen LogP contribution in [0.1, 0.15) is 12.8 Å². The van der Waals surface area contributed by atoms with Gasteiger partial charge in [0.05, 0.1) is 7.11 Å². The van der Waals surface area contributed by atoms with Crippen LogP contribution < -0.4 is 5.32 Å². The highest BCUT2D eigenvalue weighted by Crippen LogP contribution is 2.16. The van der Waals surface area contributed by atoms with Gasteiger partial charge < -0.3 is 15.2 Å². The van der Waals surface area contributed by atoms with Crippen LogP contribution in [0, 0.1) is 0 Å². The SMILES string of the molecule is COC(=O)[C@]1(O)CCCNC1. The molecule has 1 rings (SSSR count). The third-order valence-electron chi connectivity index (χ3n) is 1.93. The number of esters is 1. The lowest BCUT2D eigenvalue weighted by molar-refractivity contribution is -0.163. The molecule has 2 N–H and O–H groups in total. The van der Waals surface area contributed by atoms with Gasteiger partial charge in [0, 0.05) is 6.54 Å². The van der Waals surface area contributed by atoms with Crippen LogP contribution >= 0.6 is 0 Å². The van der Waals surface area contributed by atoms with Crippen molar-refractivity contribution in [3.8, 4) is 0 Å². The van der Waals surface area contributed by atoms with Gasteiger partial charge in [-0.2, -0.15) is 0 Å². The van der Waals surface area contributed by atoms with Crippen LogP contribution in [-0.2, 0) is 9.53 Å². The van der Waals surface area contributed by atoms with Crippen molar-refractivity contribution in [1.29, 1.82) is 0 Å². The maximum atomic E-state index is 11.0. The van der Waals surface area contributed by atoms with Gasteiger partial charge in [-0.3, -0.25) is 0 Å². The predicted octanol–water partition coefficient (Wildman–Crippen LogP) is -0.726. The van der Waals surface area contributed by atoms with E-state index in [1.165, 1.54) is 7.11 Å². The summed E-state index contributed by atoms with van der Waals surface area (Å²) in [4.78, 5) is 11.0. The molecule has 0 unspecified atom stereocenters.